The van der Waals surface area contributed by atoms with Crippen LogP contribution >= 0.6 is 22.9 Å². The predicted molar refractivity (Wildman–Crippen MR) is 161 cm³/mol. The first kappa shape index (κ1) is 28.6. The first-order valence-corrected chi connectivity index (χ1v) is 14.5. The van der Waals surface area contributed by atoms with Crippen LogP contribution in [-0.2, 0) is 9.59 Å². The number of aromatic nitrogens is 1. The quantitative estimate of drug-likeness (QED) is 0.163. The number of nitrogens with zero attached hydrogens (tertiary/aromatic N) is 2. The zero-order chi connectivity index (χ0) is 29.0. The molecule has 2 aromatic heterocycles. The minimum Gasteiger partial charge on any atom is -0.454 e. The van der Waals surface area contributed by atoms with Crippen LogP contribution in [0.2, 0.25) is 5.02 Å². The van der Waals surface area contributed by atoms with Crippen molar-refractivity contribution < 1.29 is 18.7 Å². The number of amides is 2. The number of thiophene rings is 1. The molecule has 10 heteroatoms. The molecular weight excluding hydrogens is 563 g/mol. The molecule has 2 heterocycles. The summed E-state index contributed by atoms with van der Waals surface area (Å²) in [6.45, 7) is 6.84. The monoisotopic (exact) mass is 590 g/mol. The Bertz CT molecular complexity index is 1650. The minimum atomic E-state index is -1.18. The van der Waals surface area contributed by atoms with Gasteiger partial charge in [-0.2, -0.15) is 0 Å². The zero-order valence-electron chi connectivity index (χ0n) is 22.6. The highest BCUT2D eigenvalue weighted by Crippen LogP contribution is 2.48. The van der Waals surface area contributed by atoms with E-state index in [4.69, 9.17) is 16.3 Å². The molecule has 0 bridgehead atoms. The maximum Gasteiger partial charge on any atom is 0.240 e. The van der Waals surface area contributed by atoms with Gasteiger partial charge in [-0.15, -0.1) is 11.3 Å². The third-order valence-corrected chi connectivity index (χ3v) is 8.27. The molecule has 0 radical (unpaired) electrons. The second-order valence-corrected chi connectivity index (χ2v) is 11.1. The van der Waals surface area contributed by atoms with E-state index in [1.807, 2.05) is 6.07 Å². The molecule has 1 aliphatic carbocycles. The smallest absolute Gasteiger partial charge is 0.240 e. The molecule has 5 rings (SSSR count). The Labute approximate surface area is 246 Å². The van der Waals surface area contributed by atoms with Crippen molar-refractivity contribution in [2.75, 3.05) is 30.3 Å². The topological polar surface area (TPSA) is 83.6 Å². The molecule has 0 spiro atoms. The molecule has 7 nitrogen and oxygen atoms in total. The zero-order valence-corrected chi connectivity index (χ0v) is 24.2. The molecule has 0 unspecified atom stereocenters. The lowest BCUT2D eigenvalue weighted by Gasteiger charge is -2.16. The molecule has 4 aromatic rings. The first-order chi connectivity index (χ1) is 19.8. The number of fused-ring (bicyclic) bond motifs is 1. The van der Waals surface area contributed by atoms with E-state index >= 15 is 0 Å². The van der Waals surface area contributed by atoms with Gasteiger partial charge in [0, 0.05) is 23.6 Å². The molecule has 1 saturated carbocycles. The largest absolute Gasteiger partial charge is 0.454 e. The molecule has 1 aliphatic rings. The van der Waals surface area contributed by atoms with Crippen LogP contribution in [-0.4, -0.2) is 41.3 Å². The third-order valence-electron chi connectivity index (χ3n) is 6.92. The molecule has 0 saturated heterocycles. The van der Waals surface area contributed by atoms with Gasteiger partial charge in [0.1, 0.15) is 22.7 Å². The SMILES string of the molecule is CCN(CC)CC#Cc1cc2nccc(Oc3ccc(NC(=O)C4(C(=O)Nc5ccc(F)cc5)CC4)cc3Cl)c2s1. The van der Waals surface area contributed by atoms with Crippen molar-refractivity contribution in [2.45, 2.75) is 26.7 Å². The Kier molecular flexibility index (Phi) is 8.54. The van der Waals surface area contributed by atoms with Crippen molar-refractivity contribution in [1.82, 2.24) is 9.88 Å². The van der Waals surface area contributed by atoms with Crippen LogP contribution in [0.1, 0.15) is 31.6 Å². The van der Waals surface area contributed by atoms with E-state index in [9.17, 15) is 14.0 Å². The second kappa shape index (κ2) is 12.3. The second-order valence-electron chi connectivity index (χ2n) is 9.64. The highest BCUT2D eigenvalue weighted by atomic mass is 35.5. The summed E-state index contributed by atoms with van der Waals surface area (Å²) in [6, 6.07) is 14.0. The van der Waals surface area contributed by atoms with Crippen molar-refractivity contribution in [3.05, 3.63) is 76.5 Å². The molecular formula is C31H28ClFN4O3S. The van der Waals surface area contributed by atoms with Gasteiger partial charge in [-0.05, 0) is 74.5 Å². The van der Waals surface area contributed by atoms with E-state index in [1.165, 1.54) is 35.6 Å². The number of benzene rings is 2. The van der Waals surface area contributed by atoms with Crippen LogP contribution in [0.3, 0.4) is 0 Å². The number of carbonyl (C=O) groups excluding carboxylic acids is 2. The Morgan fingerprint density at radius 1 is 1.02 bits per heavy atom. The van der Waals surface area contributed by atoms with Crippen molar-refractivity contribution in [1.29, 1.82) is 0 Å². The molecule has 0 atom stereocenters. The summed E-state index contributed by atoms with van der Waals surface area (Å²) in [5.41, 5.74) is 0.474. The fourth-order valence-corrected chi connectivity index (χ4v) is 5.40. The van der Waals surface area contributed by atoms with E-state index in [-0.39, 0.29) is 0 Å². The molecule has 0 aliphatic heterocycles. The van der Waals surface area contributed by atoms with Gasteiger partial charge in [-0.1, -0.05) is 37.3 Å². The van der Waals surface area contributed by atoms with E-state index in [0.29, 0.717) is 47.3 Å². The van der Waals surface area contributed by atoms with Gasteiger partial charge in [0.2, 0.25) is 11.8 Å². The summed E-state index contributed by atoms with van der Waals surface area (Å²) in [7, 11) is 0. The fraction of sp³-hybridized carbons (Fsp3) is 0.258. The molecule has 1 fully saturated rings. The van der Waals surface area contributed by atoms with Gasteiger partial charge in [0.15, 0.2) is 0 Å². The number of rotatable bonds is 9. The van der Waals surface area contributed by atoms with Crippen molar-refractivity contribution in [3.63, 3.8) is 0 Å². The average Bonchev–Trinajstić information content (AvgIpc) is 3.68. The molecule has 2 amide bonds. The van der Waals surface area contributed by atoms with Crippen molar-refractivity contribution in [2.24, 2.45) is 5.41 Å². The summed E-state index contributed by atoms with van der Waals surface area (Å²) in [5, 5.41) is 5.79. The van der Waals surface area contributed by atoms with Crippen LogP contribution in [0.15, 0.2) is 60.8 Å². The normalized spacial score (nSPS) is 13.4. The molecule has 210 valence electrons. The third kappa shape index (κ3) is 6.51. The first-order valence-electron chi connectivity index (χ1n) is 13.3. The van der Waals surface area contributed by atoms with E-state index < -0.39 is 23.0 Å². The number of hydrogen-bond acceptors (Lipinski definition) is 6. The van der Waals surface area contributed by atoms with Crippen LogP contribution < -0.4 is 15.4 Å². The van der Waals surface area contributed by atoms with E-state index in [0.717, 1.165) is 28.2 Å². The van der Waals surface area contributed by atoms with Crippen LogP contribution in [0.25, 0.3) is 10.2 Å². The van der Waals surface area contributed by atoms with Gasteiger partial charge >= 0.3 is 0 Å². The van der Waals surface area contributed by atoms with Crippen molar-refractivity contribution in [3.8, 4) is 23.3 Å². The summed E-state index contributed by atoms with van der Waals surface area (Å²) >= 11 is 8.04. The number of ether oxygens (including phenoxy) is 1. The van der Waals surface area contributed by atoms with Gasteiger partial charge in [-0.3, -0.25) is 19.5 Å². The number of hydrogen-bond donors (Lipinski definition) is 2. The lowest BCUT2D eigenvalue weighted by Crippen LogP contribution is -2.35. The number of halogens is 2. The highest BCUT2D eigenvalue weighted by molar-refractivity contribution is 7.19. The average molecular weight is 591 g/mol. The minimum absolute atomic E-state index is 0.296. The van der Waals surface area contributed by atoms with Gasteiger partial charge in [-0.25, -0.2) is 4.39 Å². The number of pyridine rings is 1. The van der Waals surface area contributed by atoms with Crippen LogP contribution in [0.4, 0.5) is 15.8 Å². The highest BCUT2D eigenvalue weighted by Gasteiger charge is 2.56. The Hall–Kier alpha value is -3.97. The fourth-order valence-electron chi connectivity index (χ4n) is 4.24. The summed E-state index contributed by atoms with van der Waals surface area (Å²) in [6.07, 6.45) is 2.51. The summed E-state index contributed by atoms with van der Waals surface area (Å²) in [4.78, 5) is 33.5. The van der Waals surface area contributed by atoms with E-state index in [1.54, 1.807) is 30.5 Å². The molecule has 41 heavy (non-hydrogen) atoms. The van der Waals surface area contributed by atoms with Crippen LogP contribution in [0.5, 0.6) is 11.5 Å². The van der Waals surface area contributed by atoms with Gasteiger partial charge in [0.25, 0.3) is 0 Å². The Morgan fingerprint density at radius 3 is 2.37 bits per heavy atom. The number of nitrogens with one attached hydrogen (secondary N) is 2. The van der Waals surface area contributed by atoms with Gasteiger partial charge < -0.3 is 15.4 Å². The standard InChI is InChI=1S/C31H28ClFN4O3S/c1-3-37(4-2)17-5-6-23-19-25-28(41-23)27(13-16-34-25)40-26-12-11-22(18-24(26)32)36-30(39)31(14-15-31)29(38)35-21-9-7-20(33)8-10-21/h7-13,16,18-19H,3-4,14-15,17H2,1-2H3,(H,35,38)(H,36,39). The Morgan fingerprint density at radius 2 is 1.71 bits per heavy atom. The maximum atomic E-state index is 13.2. The Balaban J connectivity index is 1.26. The maximum absolute atomic E-state index is 13.2. The van der Waals surface area contributed by atoms with Gasteiger partial charge in [0.05, 0.1) is 26.7 Å². The van der Waals surface area contributed by atoms with Crippen molar-refractivity contribution >= 4 is 56.3 Å². The number of carbonyl (C=O) groups is 2. The number of anilines is 2. The molecule has 2 aromatic carbocycles. The summed E-state index contributed by atoms with van der Waals surface area (Å²) < 4.78 is 20.2. The lowest BCUT2D eigenvalue weighted by molar-refractivity contribution is -0.131. The van der Waals surface area contributed by atoms with Crippen LogP contribution in [0, 0.1) is 23.1 Å². The van der Waals surface area contributed by atoms with E-state index in [2.05, 4.69) is 46.2 Å². The lowest BCUT2D eigenvalue weighted by atomic mass is 10.0. The summed E-state index contributed by atoms with van der Waals surface area (Å²) in [5.74, 6) is 6.20. The molecule has 2 N–H and O–H groups in total. The predicted octanol–water partition coefficient (Wildman–Crippen LogP) is 6.93.